The third-order valence-electron chi connectivity index (χ3n) is 5.24. The number of esters is 1. The van der Waals surface area contributed by atoms with Gasteiger partial charge in [0.15, 0.2) is 5.69 Å². The zero-order chi connectivity index (χ0) is 21.0. The van der Waals surface area contributed by atoms with Crippen molar-refractivity contribution in [3.8, 4) is 0 Å². The van der Waals surface area contributed by atoms with Crippen LogP contribution in [0.3, 0.4) is 0 Å². The van der Waals surface area contributed by atoms with E-state index in [-0.39, 0.29) is 17.5 Å². The molecule has 2 aromatic rings. The number of anilines is 2. The van der Waals surface area contributed by atoms with Crippen LogP contribution in [0.2, 0.25) is 0 Å². The monoisotopic (exact) mass is 398 g/mol. The Labute approximate surface area is 169 Å². The quantitative estimate of drug-likeness (QED) is 0.753. The average molecular weight is 398 g/mol. The van der Waals surface area contributed by atoms with E-state index in [0.29, 0.717) is 17.1 Å². The maximum absolute atomic E-state index is 12.6. The number of ether oxygens (including phenoxy) is 1. The summed E-state index contributed by atoms with van der Waals surface area (Å²) in [5.41, 5.74) is 1.76. The van der Waals surface area contributed by atoms with E-state index in [1.165, 1.54) is 18.2 Å². The molecule has 1 aliphatic rings. The van der Waals surface area contributed by atoms with Gasteiger partial charge >= 0.3 is 5.97 Å². The molecule has 29 heavy (non-hydrogen) atoms. The normalized spacial score (nSPS) is 14.3. The summed E-state index contributed by atoms with van der Waals surface area (Å²) in [5.74, 6) is -0.436. The van der Waals surface area contributed by atoms with Crippen molar-refractivity contribution >= 4 is 29.3 Å². The van der Waals surface area contributed by atoms with Crippen LogP contribution in [0, 0.1) is 12.8 Å². The number of carbonyl (C=O) groups is 3. The SMILES string of the molecule is COC(=O)c1cc(NC(=O)c2cc(NC(=O)C3CCCCC3)n(C)n2)ccc1C. The second-order valence-corrected chi connectivity index (χ2v) is 7.34. The second-order valence-electron chi connectivity index (χ2n) is 7.34. The molecule has 0 unspecified atom stereocenters. The van der Waals surface area contributed by atoms with E-state index >= 15 is 0 Å². The van der Waals surface area contributed by atoms with E-state index in [1.807, 2.05) is 0 Å². The molecule has 0 saturated heterocycles. The highest BCUT2D eigenvalue weighted by Gasteiger charge is 2.23. The molecule has 3 rings (SSSR count). The summed E-state index contributed by atoms with van der Waals surface area (Å²) in [6.07, 6.45) is 5.11. The van der Waals surface area contributed by atoms with Crippen molar-refractivity contribution in [1.29, 1.82) is 0 Å². The van der Waals surface area contributed by atoms with E-state index in [1.54, 1.807) is 38.2 Å². The highest BCUT2D eigenvalue weighted by atomic mass is 16.5. The lowest BCUT2D eigenvalue weighted by molar-refractivity contribution is -0.120. The summed E-state index contributed by atoms with van der Waals surface area (Å²) < 4.78 is 6.24. The Morgan fingerprint density at radius 3 is 2.52 bits per heavy atom. The molecule has 1 aliphatic carbocycles. The van der Waals surface area contributed by atoms with Gasteiger partial charge < -0.3 is 15.4 Å². The van der Waals surface area contributed by atoms with Crippen molar-refractivity contribution in [3.63, 3.8) is 0 Å². The fourth-order valence-corrected chi connectivity index (χ4v) is 3.51. The van der Waals surface area contributed by atoms with Crippen LogP contribution in [-0.2, 0) is 16.6 Å². The molecule has 2 amide bonds. The molecular weight excluding hydrogens is 372 g/mol. The molecule has 0 radical (unpaired) electrons. The lowest BCUT2D eigenvalue weighted by Gasteiger charge is -2.20. The number of rotatable bonds is 5. The molecule has 0 aliphatic heterocycles. The van der Waals surface area contributed by atoms with Crippen molar-refractivity contribution in [3.05, 3.63) is 41.1 Å². The van der Waals surface area contributed by atoms with Crippen molar-refractivity contribution in [1.82, 2.24) is 9.78 Å². The Kier molecular flexibility index (Phi) is 6.31. The lowest BCUT2D eigenvalue weighted by atomic mass is 9.89. The fourth-order valence-electron chi connectivity index (χ4n) is 3.51. The summed E-state index contributed by atoms with van der Waals surface area (Å²) in [6, 6.07) is 6.55. The summed E-state index contributed by atoms with van der Waals surface area (Å²) in [7, 11) is 2.98. The Balaban J connectivity index is 1.70. The van der Waals surface area contributed by atoms with Gasteiger partial charge in [0, 0.05) is 24.7 Å². The minimum absolute atomic E-state index is 0.0141. The van der Waals surface area contributed by atoms with Gasteiger partial charge in [0.1, 0.15) is 5.82 Å². The first-order chi connectivity index (χ1) is 13.9. The number of methoxy groups -OCH3 is 1. The van der Waals surface area contributed by atoms with E-state index in [9.17, 15) is 14.4 Å². The first kappa shape index (κ1) is 20.6. The number of amides is 2. The maximum atomic E-state index is 12.6. The molecule has 8 nitrogen and oxygen atoms in total. The number of aryl methyl sites for hydroxylation is 2. The zero-order valence-electron chi connectivity index (χ0n) is 16.9. The van der Waals surface area contributed by atoms with E-state index < -0.39 is 11.9 Å². The highest BCUT2D eigenvalue weighted by molar-refractivity contribution is 6.04. The first-order valence-electron chi connectivity index (χ1n) is 9.74. The number of hydrogen-bond donors (Lipinski definition) is 2. The summed E-state index contributed by atoms with van der Waals surface area (Å²) in [4.78, 5) is 36.9. The number of aromatic nitrogens is 2. The predicted octanol–water partition coefficient (Wildman–Crippen LogP) is 3.29. The Morgan fingerprint density at radius 1 is 1.10 bits per heavy atom. The largest absolute Gasteiger partial charge is 0.465 e. The molecule has 0 spiro atoms. The van der Waals surface area contributed by atoms with Crippen molar-refractivity contribution in [2.75, 3.05) is 17.7 Å². The Hall–Kier alpha value is -3.16. The number of benzene rings is 1. The van der Waals surface area contributed by atoms with Gasteiger partial charge in [-0.05, 0) is 37.5 Å². The standard InChI is InChI=1S/C21H26N4O4/c1-13-9-10-15(11-16(13)21(28)29-3)22-20(27)17-12-18(25(2)24-17)23-19(26)14-7-5-4-6-8-14/h9-12,14H,4-8H2,1-3H3,(H,22,27)(H,23,26). The van der Waals surface area contributed by atoms with Gasteiger partial charge in [-0.2, -0.15) is 5.10 Å². The third kappa shape index (κ3) is 4.82. The van der Waals surface area contributed by atoms with Crippen LogP contribution in [0.15, 0.2) is 24.3 Å². The third-order valence-corrected chi connectivity index (χ3v) is 5.24. The van der Waals surface area contributed by atoms with Crippen LogP contribution < -0.4 is 10.6 Å². The van der Waals surface area contributed by atoms with Crippen LogP contribution in [0.5, 0.6) is 0 Å². The maximum Gasteiger partial charge on any atom is 0.338 e. The molecule has 1 aromatic heterocycles. The number of nitrogens with one attached hydrogen (secondary N) is 2. The summed E-state index contributed by atoms with van der Waals surface area (Å²) in [6.45, 7) is 1.79. The van der Waals surface area contributed by atoms with Gasteiger partial charge in [-0.25, -0.2) is 4.79 Å². The van der Waals surface area contributed by atoms with E-state index in [4.69, 9.17) is 4.74 Å². The first-order valence-corrected chi connectivity index (χ1v) is 9.74. The van der Waals surface area contributed by atoms with Gasteiger partial charge in [0.05, 0.1) is 12.7 Å². The molecule has 154 valence electrons. The van der Waals surface area contributed by atoms with Gasteiger partial charge in [0.2, 0.25) is 5.91 Å². The van der Waals surface area contributed by atoms with Crippen LogP contribution in [0.4, 0.5) is 11.5 Å². The number of hydrogen-bond acceptors (Lipinski definition) is 5. The van der Waals surface area contributed by atoms with Crippen LogP contribution in [0.25, 0.3) is 0 Å². The van der Waals surface area contributed by atoms with Crippen molar-refractivity contribution in [2.45, 2.75) is 39.0 Å². The van der Waals surface area contributed by atoms with Gasteiger partial charge in [-0.1, -0.05) is 25.3 Å². The van der Waals surface area contributed by atoms with E-state index in [0.717, 1.165) is 31.2 Å². The Bertz CT molecular complexity index is 929. The molecule has 1 heterocycles. The molecule has 1 fully saturated rings. The van der Waals surface area contributed by atoms with Crippen LogP contribution in [0.1, 0.15) is 58.5 Å². The molecule has 2 N–H and O–H groups in total. The molecular formula is C21H26N4O4. The predicted molar refractivity (Wildman–Crippen MR) is 109 cm³/mol. The lowest BCUT2D eigenvalue weighted by Crippen LogP contribution is -2.25. The van der Waals surface area contributed by atoms with Gasteiger partial charge in [-0.15, -0.1) is 0 Å². The minimum Gasteiger partial charge on any atom is -0.465 e. The number of nitrogens with zero attached hydrogens (tertiary/aromatic N) is 2. The zero-order valence-corrected chi connectivity index (χ0v) is 16.9. The van der Waals surface area contributed by atoms with Gasteiger partial charge in [-0.3, -0.25) is 14.3 Å². The Morgan fingerprint density at radius 2 is 1.83 bits per heavy atom. The topological polar surface area (TPSA) is 102 Å². The smallest absolute Gasteiger partial charge is 0.338 e. The molecule has 8 heteroatoms. The van der Waals surface area contributed by atoms with E-state index in [2.05, 4.69) is 15.7 Å². The molecule has 0 bridgehead atoms. The van der Waals surface area contributed by atoms with Crippen LogP contribution >= 0.6 is 0 Å². The average Bonchev–Trinajstić information content (AvgIpc) is 3.10. The van der Waals surface area contributed by atoms with Crippen LogP contribution in [-0.4, -0.2) is 34.7 Å². The molecule has 1 saturated carbocycles. The highest BCUT2D eigenvalue weighted by Crippen LogP contribution is 2.25. The fraction of sp³-hybridized carbons (Fsp3) is 0.429. The van der Waals surface area contributed by atoms with Gasteiger partial charge in [0.25, 0.3) is 5.91 Å². The second kappa shape index (κ2) is 8.89. The minimum atomic E-state index is -0.468. The summed E-state index contributed by atoms with van der Waals surface area (Å²) in [5, 5.41) is 9.80. The molecule has 0 atom stereocenters. The number of carbonyl (C=O) groups excluding carboxylic acids is 3. The molecule has 1 aromatic carbocycles. The van der Waals surface area contributed by atoms with Crippen molar-refractivity contribution in [2.24, 2.45) is 13.0 Å². The van der Waals surface area contributed by atoms with Crippen molar-refractivity contribution < 1.29 is 19.1 Å². The summed E-state index contributed by atoms with van der Waals surface area (Å²) >= 11 is 0.